The predicted molar refractivity (Wildman–Crippen MR) is 67.9 cm³/mol. The molecule has 0 aliphatic carbocycles. The van der Waals surface area contributed by atoms with Crippen molar-refractivity contribution in [3.8, 4) is 0 Å². The maximum absolute atomic E-state index is 12.3. The third-order valence-corrected chi connectivity index (χ3v) is 3.38. The molecule has 0 spiro atoms. The molecule has 0 fully saturated rings. The lowest BCUT2D eigenvalue weighted by Gasteiger charge is -2.28. The molecule has 170 valence electrons. The highest BCUT2D eigenvalue weighted by molar-refractivity contribution is 8.05. The quantitative estimate of drug-likeness (QED) is 0.299. The molecular formula is C9H7Cl2F12O4P. The van der Waals surface area contributed by atoms with E-state index in [4.69, 9.17) is 22.5 Å². The molecule has 0 aromatic carbocycles. The zero-order valence-corrected chi connectivity index (χ0v) is 14.9. The maximum Gasteiger partial charge on any atom is 0.423 e. The molecule has 0 N–H and O–H groups in total. The van der Waals surface area contributed by atoms with E-state index in [0.717, 1.165) is 0 Å². The van der Waals surface area contributed by atoms with Crippen LogP contribution in [0.5, 0.6) is 0 Å². The van der Waals surface area contributed by atoms with Crippen LogP contribution in [0.1, 0.15) is 0 Å². The van der Waals surface area contributed by atoms with Crippen LogP contribution in [0, 0.1) is 0 Å². The van der Waals surface area contributed by atoms with Crippen LogP contribution in [0.25, 0.3) is 0 Å². The first-order chi connectivity index (χ1) is 12.0. The van der Waals surface area contributed by atoms with Crippen molar-refractivity contribution in [3.05, 3.63) is 0 Å². The van der Waals surface area contributed by atoms with E-state index in [1.807, 2.05) is 0 Å². The van der Waals surface area contributed by atoms with E-state index >= 15 is 0 Å². The van der Waals surface area contributed by atoms with Crippen molar-refractivity contribution >= 4 is 28.6 Å². The van der Waals surface area contributed by atoms with Crippen LogP contribution in [0.3, 0.4) is 0 Å². The molecule has 19 heteroatoms. The Kier molecular flexibility index (Phi) is 9.28. The minimum absolute atomic E-state index is 1.98. The van der Waals surface area contributed by atoms with E-state index < -0.39 is 62.3 Å². The minimum atomic E-state index is -6.06. The van der Waals surface area contributed by atoms with Crippen LogP contribution >= 0.6 is 28.6 Å². The van der Waals surface area contributed by atoms with Gasteiger partial charge in [-0.1, -0.05) is 0 Å². The van der Waals surface area contributed by atoms with Crippen LogP contribution in [-0.2, 0) is 18.6 Å². The summed E-state index contributed by atoms with van der Waals surface area (Å²) in [5.41, 5.74) is 0. The topological polar surface area (TPSA) is 44.8 Å². The van der Waals surface area contributed by atoms with Gasteiger partial charge in [0.15, 0.2) is 0 Å². The zero-order chi connectivity index (χ0) is 22.8. The molecule has 28 heavy (non-hydrogen) atoms. The highest BCUT2D eigenvalue weighted by Crippen LogP contribution is 2.58. The summed E-state index contributed by atoms with van der Waals surface area (Å²) in [6.07, 6.45) is -40.7. The van der Waals surface area contributed by atoms with Gasteiger partial charge in [-0.3, -0.25) is 9.09 Å². The molecular weight excluding hydrogens is 502 g/mol. The van der Waals surface area contributed by atoms with Gasteiger partial charge in [-0.05, 0) is 22.5 Å². The molecule has 0 aromatic heterocycles. The first-order valence-corrected chi connectivity index (χ1v) is 9.66. The average Bonchev–Trinajstić information content (AvgIpc) is 2.29. The summed E-state index contributed by atoms with van der Waals surface area (Å²) >= 11 is 9.63. The smallest absolute Gasteiger partial charge is 0.358 e. The maximum atomic E-state index is 12.3. The van der Waals surface area contributed by atoms with Crippen molar-refractivity contribution in [1.82, 2.24) is 0 Å². The number of hydrogen-bond donors (Lipinski definition) is 0. The Morgan fingerprint density at radius 2 is 0.893 bits per heavy atom. The second kappa shape index (κ2) is 9.33. The first kappa shape index (κ1) is 27.8. The third kappa shape index (κ3) is 10.6. The van der Waals surface area contributed by atoms with Crippen LogP contribution in [0.15, 0.2) is 0 Å². The average molecular weight is 509 g/mol. The molecule has 0 saturated heterocycles. The lowest BCUT2D eigenvalue weighted by Crippen LogP contribution is -2.47. The summed E-state index contributed by atoms with van der Waals surface area (Å²) in [5.74, 6) is 0. The van der Waals surface area contributed by atoms with Gasteiger partial charge in [0.1, 0.15) is 6.10 Å². The van der Waals surface area contributed by atoms with Crippen LogP contribution < -0.4 is 0 Å². The van der Waals surface area contributed by atoms with Gasteiger partial charge in [0.05, 0.1) is 13.2 Å². The SMILES string of the molecule is O=P(Cl)(Cl)OC(COC(C(F)(F)F)C(F)(F)F)COC(C(F)(F)F)C(F)(F)F. The van der Waals surface area contributed by atoms with Crippen LogP contribution in [-0.4, -0.2) is 56.2 Å². The molecule has 0 aliphatic heterocycles. The molecule has 0 bridgehead atoms. The minimum Gasteiger partial charge on any atom is -0.358 e. The molecule has 0 aliphatic rings. The van der Waals surface area contributed by atoms with Gasteiger partial charge in [-0.2, -0.15) is 52.7 Å². The summed E-state index contributed by atoms with van der Waals surface area (Å²) in [5, 5.41) is 0. The van der Waals surface area contributed by atoms with E-state index in [9.17, 15) is 57.3 Å². The fraction of sp³-hybridized carbons (Fsp3) is 1.00. The molecule has 0 heterocycles. The monoisotopic (exact) mass is 508 g/mol. The molecule has 0 atom stereocenters. The van der Waals surface area contributed by atoms with Crippen molar-refractivity contribution in [3.63, 3.8) is 0 Å². The van der Waals surface area contributed by atoms with E-state index in [0.29, 0.717) is 0 Å². The van der Waals surface area contributed by atoms with E-state index in [2.05, 4.69) is 14.0 Å². The largest absolute Gasteiger partial charge is 0.423 e. The summed E-state index contributed by atoms with van der Waals surface area (Å²) in [6.45, 7) is -3.95. The number of alkyl halides is 12. The normalized spacial score (nSPS) is 15.2. The standard InChI is InChI=1S/C9H7Cl2F12O4P/c10-28(11,24)27-3(1-25-4(6(12,13)14)7(15,16)17)2-26-5(8(18,19)20)9(21,22)23/h3-5H,1-2H2. The summed E-state index contributed by atoms with van der Waals surface area (Å²) in [7, 11) is 0. The van der Waals surface area contributed by atoms with Crippen molar-refractivity contribution in [1.29, 1.82) is 0 Å². The molecule has 0 rings (SSSR count). The lowest BCUT2D eigenvalue weighted by atomic mass is 10.3. The van der Waals surface area contributed by atoms with Gasteiger partial charge in [0.2, 0.25) is 12.2 Å². The van der Waals surface area contributed by atoms with E-state index in [1.165, 1.54) is 0 Å². The second-order valence-electron chi connectivity index (χ2n) is 4.74. The Morgan fingerprint density at radius 1 is 0.643 bits per heavy atom. The van der Waals surface area contributed by atoms with Crippen LogP contribution in [0.2, 0.25) is 0 Å². The molecule has 0 radical (unpaired) electrons. The first-order valence-electron chi connectivity index (χ1n) is 6.23. The highest BCUT2D eigenvalue weighted by Gasteiger charge is 2.59. The van der Waals surface area contributed by atoms with Gasteiger partial charge >= 0.3 is 30.8 Å². The number of hydrogen-bond acceptors (Lipinski definition) is 4. The fourth-order valence-electron chi connectivity index (χ4n) is 1.44. The Bertz CT molecular complexity index is 475. The number of ether oxygens (including phenoxy) is 2. The van der Waals surface area contributed by atoms with Gasteiger partial charge in [0.25, 0.3) is 0 Å². The van der Waals surface area contributed by atoms with Gasteiger partial charge in [0, 0.05) is 0 Å². The van der Waals surface area contributed by atoms with Crippen molar-refractivity contribution in [2.24, 2.45) is 0 Å². The molecule has 0 saturated carbocycles. The second-order valence-corrected chi connectivity index (χ2v) is 8.96. The van der Waals surface area contributed by atoms with Crippen LogP contribution in [0.4, 0.5) is 52.7 Å². The van der Waals surface area contributed by atoms with Gasteiger partial charge in [-0.15, -0.1) is 0 Å². The fourth-order valence-corrected chi connectivity index (χ4v) is 2.58. The Hall–Kier alpha value is -0.150. The van der Waals surface area contributed by atoms with E-state index in [-0.39, 0.29) is 0 Å². The highest BCUT2D eigenvalue weighted by atomic mass is 35.9. The van der Waals surface area contributed by atoms with Crippen molar-refractivity contribution in [2.75, 3.05) is 13.2 Å². The molecule has 0 amide bonds. The molecule has 4 nitrogen and oxygen atoms in total. The number of halogens is 14. The van der Waals surface area contributed by atoms with Gasteiger partial charge in [-0.25, -0.2) is 0 Å². The molecule has 0 unspecified atom stereocenters. The van der Waals surface area contributed by atoms with E-state index in [1.54, 1.807) is 0 Å². The van der Waals surface area contributed by atoms with Crippen molar-refractivity contribution in [2.45, 2.75) is 43.0 Å². The summed E-state index contributed by atoms with van der Waals surface area (Å²) < 4.78 is 170. The number of rotatable bonds is 8. The Labute approximate surface area is 157 Å². The third-order valence-electron chi connectivity index (χ3n) is 2.36. The predicted octanol–water partition coefficient (Wildman–Crippen LogP) is 5.98. The summed E-state index contributed by atoms with van der Waals surface area (Å²) in [4.78, 5) is 0. The zero-order valence-electron chi connectivity index (χ0n) is 12.5. The Balaban J connectivity index is 5.38. The van der Waals surface area contributed by atoms with Crippen molar-refractivity contribution < 1.29 is 71.2 Å². The Morgan fingerprint density at radius 3 is 1.07 bits per heavy atom. The summed E-state index contributed by atoms with van der Waals surface area (Å²) in [6, 6.07) is 0. The van der Waals surface area contributed by atoms with Gasteiger partial charge < -0.3 is 9.47 Å². The lowest BCUT2D eigenvalue weighted by molar-refractivity contribution is -0.331. The molecule has 0 aromatic rings.